The van der Waals surface area contributed by atoms with Gasteiger partial charge in [0.25, 0.3) is 0 Å². The van der Waals surface area contributed by atoms with Gasteiger partial charge in [0.1, 0.15) is 4.99 Å². The van der Waals surface area contributed by atoms with Gasteiger partial charge in [-0.05, 0) is 0 Å². The third kappa shape index (κ3) is 1.38. The molecule has 1 aromatic heterocycles. The van der Waals surface area contributed by atoms with Gasteiger partial charge in [-0.25, -0.2) is 4.98 Å². The van der Waals surface area contributed by atoms with E-state index in [-0.39, 0.29) is 4.99 Å². The van der Waals surface area contributed by atoms with Crippen LogP contribution < -0.4 is 15.6 Å². The summed E-state index contributed by atoms with van der Waals surface area (Å²) in [4.78, 5) is 26.2. The van der Waals surface area contributed by atoms with E-state index in [9.17, 15) is 9.59 Å². The second-order valence-corrected chi connectivity index (χ2v) is 4.12. The third-order valence-corrected chi connectivity index (χ3v) is 3.04. The predicted octanol–water partition coefficient (Wildman–Crippen LogP) is -1.51. The normalized spacial score (nSPS) is 14.3. The average molecular weight is 224 g/mol. The molecule has 0 aromatic carbocycles. The van der Waals surface area contributed by atoms with Gasteiger partial charge in [-0.15, -0.1) is 11.3 Å². The molecule has 1 aromatic rings. The topological polar surface area (TPSA) is 73.0 Å². The van der Waals surface area contributed by atoms with E-state index in [0.29, 0.717) is 14.9 Å². The third-order valence-electron chi connectivity index (χ3n) is 1.66. The molecule has 0 fully saturated rings. The van der Waals surface area contributed by atoms with Crippen molar-refractivity contribution in [3.05, 3.63) is 14.9 Å². The fourth-order valence-electron chi connectivity index (χ4n) is 1.04. The van der Waals surface area contributed by atoms with Crippen molar-refractivity contribution in [2.24, 2.45) is 5.73 Å². The molecule has 2 rings (SSSR count). The minimum Gasteiger partial charge on any atom is -0.387 e. The molecule has 1 aliphatic carbocycles. The Kier molecular flexibility index (Phi) is 2.01. The van der Waals surface area contributed by atoms with E-state index in [1.807, 2.05) is 0 Å². The van der Waals surface area contributed by atoms with Crippen LogP contribution in [0.4, 0.5) is 0 Å². The standard InChI is InChI=1S/C8H4N2O2S2/c9-7(13)8-10-3-1-4(11)5(12)2-6(3)14-8/h1-2H,(H2,9,13). The highest BCUT2D eigenvalue weighted by molar-refractivity contribution is 7.81. The Morgan fingerprint density at radius 2 is 2.00 bits per heavy atom. The van der Waals surface area contributed by atoms with Crippen molar-refractivity contribution in [2.45, 2.75) is 0 Å². The maximum atomic E-state index is 11.0. The highest BCUT2D eigenvalue weighted by Gasteiger charge is 2.14. The van der Waals surface area contributed by atoms with Gasteiger partial charge in [0.15, 0.2) is 5.01 Å². The van der Waals surface area contributed by atoms with Crippen LogP contribution in [0.2, 0.25) is 0 Å². The zero-order valence-electron chi connectivity index (χ0n) is 6.81. The molecule has 0 unspecified atom stereocenters. The number of aromatic nitrogens is 1. The summed E-state index contributed by atoms with van der Waals surface area (Å²) in [5.41, 5.74) is 5.38. The first-order valence-corrected chi connectivity index (χ1v) is 4.89. The molecule has 0 bridgehead atoms. The first-order chi connectivity index (χ1) is 6.58. The molecular weight excluding hydrogens is 220 g/mol. The lowest BCUT2D eigenvalue weighted by atomic mass is 10.2. The lowest BCUT2D eigenvalue weighted by molar-refractivity contribution is -0.129. The monoisotopic (exact) mass is 224 g/mol. The molecule has 70 valence electrons. The zero-order chi connectivity index (χ0) is 10.3. The summed E-state index contributed by atoms with van der Waals surface area (Å²) in [6.45, 7) is 0. The molecule has 6 heteroatoms. The minimum absolute atomic E-state index is 0.172. The number of thiazole rings is 1. The van der Waals surface area contributed by atoms with Crippen molar-refractivity contribution in [3.8, 4) is 0 Å². The van der Waals surface area contributed by atoms with Crippen molar-refractivity contribution in [1.82, 2.24) is 4.98 Å². The van der Waals surface area contributed by atoms with E-state index in [0.717, 1.165) is 0 Å². The SMILES string of the molecule is NC(=S)c1nc2c(s1)=CC(=O)C(=O)C=2. The molecule has 1 aliphatic rings. The van der Waals surface area contributed by atoms with Crippen LogP contribution in [0.25, 0.3) is 12.2 Å². The number of carbonyl (C=O) groups is 2. The Morgan fingerprint density at radius 3 is 2.64 bits per heavy atom. The van der Waals surface area contributed by atoms with E-state index in [1.54, 1.807) is 0 Å². The Bertz CT molecular complexity index is 527. The number of Topliss-reactive ketones (excluding diaryl/α,β-unsaturated/α-hetero) is 2. The summed E-state index contributed by atoms with van der Waals surface area (Å²) >= 11 is 5.95. The number of hydrogen-bond acceptors (Lipinski definition) is 5. The second kappa shape index (κ2) is 3.07. The average Bonchev–Trinajstić information content (AvgIpc) is 2.48. The largest absolute Gasteiger partial charge is 0.387 e. The van der Waals surface area contributed by atoms with Gasteiger partial charge in [0, 0.05) is 12.2 Å². The quantitative estimate of drug-likeness (QED) is 0.464. The summed E-state index contributed by atoms with van der Waals surface area (Å²) in [6.07, 6.45) is 2.47. The van der Waals surface area contributed by atoms with Gasteiger partial charge in [0.2, 0.25) is 11.6 Å². The van der Waals surface area contributed by atoms with Gasteiger partial charge in [-0.3, -0.25) is 9.59 Å². The molecule has 1 heterocycles. The van der Waals surface area contributed by atoms with Crippen LogP contribution in [0.5, 0.6) is 0 Å². The van der Waals surface area contributed by atoms with Gasteiger partial charge in [-0.2, -0.15) is 0 Å². The lowest BCUT2D eigenvalue weighted by Gasteiger charge is -1.89. The fraction of sp³-hybridized carbons (Fsp3) is 0. The van der Waals surface area contributed by atoms with Crippen molar-refractivity contribution in [2.75, 3.05) is 0 Å². The van der Waals surface area contributed by atoms with Crippen LogP contribution in [0.15, 0.2) is 0 Å². The number of fused-ring (bicyclic) bond motifs is 1. The number of rotatable bonds is 1. The maximum Gasteiger partial charge on any atom is 0.227 e. The number of thiocarbonyl (C=S) groups is 1. The Morgan fingerprint density at radius 1 is 1.36 bits per heavy atom. The highest BCUT2D eigenvalue weighted by atomic mass is 32.1. The highest BCUT2D eigenvalue weighted by Crippen LogP contribution is 1.97. The van der Waals surface area contributed by atoms with Crippen molar-refractivity contribution >= 4 is 52.3 Å². The van der Waals surface area contributed by atoms with E-state index in [4.69, 9.17) is 18.0 Å². The Labute approximate surface area is 87.8 Å². The molecular formula is C8H4N2O2S2. The fourth-order valence-corrected chi connectivity index (χ4v) is 2.04. The van der Waals surface area contributed by atoms with Crippen LogP contribution in [0, 0.1) is 0 Å². The molecule has 4 nitrogen and oxygen atoms in total. The summed E-state index contributed by atoms with van der Waals surface area (Å²) in [7, 11) is 0. The van der Waals surface area contributed by atoms with E-state index in [1.165, 1.54) is 23.5 Å². The molecule has 0 saturated heterocycles. The predicted molar refractivity (Wildman–Crippen MR) is 56.2 cm³/mol. The second-order valence-electron chi connectivity index (χ2n) is 2.65. The van der Waals surface area contributed by atoms with Crippen LogP contribution in [0.1, 0.15) is 5.01 Å². The number of nitrogens with two attached hydrogens (primary N) is 1. The number of hydrogen-bond donors (Lipinski definition) is 1. The molecule has 0 atom stereocenters. The molecule has 0 radical (unpaired) electrons. The molecule has 0 amide bonds. The smallest absolute Gasteiger partial charge is 0.227 e. The molecule has 2 N–H and O–H groups in total. The van der Waals surface area contributed by atoms with Gasteiger partial charge in [-0.1, -0.05) is 12.2 Å². The van der Waals surface area contributed by atoms with Crippen molar-refractivity contribution in [1.29, 1.82) is 0 Å². The van der Waals surface area contributed by atoms with Gasteiger partial charge >= 0.3 is 0 Å². The summed E-state index contributed by atoms with van der Waals surface area (Å²) in [5, 5.41) is 0.947. The Hall–Kier alpha value is -1.40. The molecule has 0 aliphatic heterocycles. The maximum absolute atomic E-state index is 11.0. The Balaban J connectivity index is 2.75. The van der Waals surface area contributed by atoms with Crippen LogP contribution in [-0.2, 0) is 9.59 Å². The summed E-state index contributed by atoms with van der Waals surface area (Å²) in [6, 6.07) is 0. The molecule has 0 saturated carbocycles. The number of carbonyl (C=O) groups excluding carboxylic acids is 2. The first-order valence-electron chi connectivity index (χ1n) is 3.66. The van der Waals surface area contributed by atoms with Gasteiger partial charge < -0.3 is 5.73 Å². The summed E-state index contributed by atoms with van der Waals surface area (Å²) < 4.78 is 0.636. The minimum atomic E-state index is -0.558. The van der Waals surface area contributed by atoms with Crippen molar-refractivity contribution in [3.63, 3.8) is 0 Å². The van der Waals surface area contributed by atoms with Crippen LogP contribution in [0.3, 0.4) is 0 Å². The van der Waals surface area contributed by atoms with E-state index < -0.39 is 11.6 Å². The number of nitrogens with zero attached hydrogens (tertiary/aromatic N) is 1. The van der Waals surface area contributed by atoms with E-state index >= 15 is 0 Å². The first kappa shape index (κ1) is 9.17. The molecule has 0 spiro atoms. The van der Waals surface area contributed by atoms with Crippen molar-refractivity contribution < 1.29 is 9.59 Å². The van der Waals surface area contributed by atoms with Gasteiger partial charge in [0.05, 0.1) is 9.88 Å². The van der Waals surface area contributed by atoms with Crippen LogP contribution >= 0.6 is 23.6 Å². The lowest BCUT2D eigenvalue weighted by Crippen LogP contribution is -2.31. The van der Waals surface area contributed by atoms with Crippen LogP contribution in [-0.4, -0.2) is 21.5 Å². The summed E-state index contributed by atoms with van der Waals surface area (Å²) in [5.74, 6) is -1.09. The zero-order valence-corrected chi connectivity index (χ0v) is 8.45. The van der Waals surface area contributed by atoms with E-state index in [2.05, 4.69) is 4.98 Å². The molecule has 14 heavy (non-hydrogen) atoms. The number of ketones is 2.